The van der Waals surface area contributed by atoms with Crippen molar-refractivity contribution in [1.82, 2.24) is 9.55 Å². The van der Waals surface area contributed by atoms with Gasteiger partial charge in [0.25, 0.3) is 0 Å². The normalized spacial score (nSPS) is 11.1. The number of aryl methyl sites for hydroxylation is 1. The fraction of sp³-hybridized carbons (Fsp3) is 0.133. The molecule has 1 aromatic heterocycles. The van der Waals surface area contributed by atoms with Crippen molar-refractivity contribution in [2.75, 3.05) is 5.88 Å². The minimum atomic E-state index is 0.552. The lowest BCUT2D eigenvalue weighted by Crippen LogP contribution is -2.01. The first kappa shape index (κ1) is 12.5. The maximum absolute atomic E-state index is 5.95. The summed E-state index contributed by atoms with van der Waals surface area (Å²) in [6.07, 6.45) is 0.735. The van der Waals surface area contributed by atoms with E-state index in [9.17, 15) is 0 Å². The van der Waals surface area contributed by atoms with Gasteiger partial charge in [-0.15, -0.1) is 11.6 Å². The van der Waals surface area contributed by atoms with Gasteiger partial charge in [-0.2, -0.15) is 0 Å². The molecule has 0 aliphatic carbocycles. The van der Waals surface area contributed by atoms with Crippen LogP contribution >= 0.6 is 23.2 Å². The Labute approximate surface area is 121 Å². The van der Waals surface area contributed by atoms with Crippen molar-refractivity contribution >= 4 is 34.2 Å². The molecular formula is C15H12Cl2N2. The number of aromatic nitrogens is 2. The molecule has 3 aromatic rings. The van der Waals surface area contributed by atoms with Crippen molar-refractivity contribution in [3.05, 3.63) is 59.4 Å². The first-order valence-corrected chi connectivity index (χ1v) is 6.99. The van der Waals surface area contributed by atoms with E-state index < -0.39 is 0 Å². The molecule has 0 aliphatic heterocycles. The van der Waals surface area contributed by atoms with Crippen LogP contribution in [0.1, 0.15) is 5.82 Å². The Morgan fingerprint density at radius 3 is 2.47 bits per heavy atom. The smallest absolute Gasteiger partial charge is 0.115 e. The van der Waals surface area contributed by atoms with E-state index in [2.05, 4.69) is 15.6 Å². The second-order valence-electron chi connectivity index (χ2n) is 4.27. The Hall–Kier alpha value is -1.51. The van der Waals surface area contributed by atoms with Crippen LogP contribution in [0.25, 0.3) is 16.7 Å². The third kappa shape index (κ3) is 2.34. The second-order valence-corrected chi connectivity index (χ2v) is 5.08. The Kier molecular flexibility index (Phi) is 3.45. The van der Waals surface area contributed by atoms with Crippen LogP contribution in [0.15, 0.2) is 48.5 Å². The second kappa shape index (κ2) is 5.24. The van der Waals surface area contributed by atoms with Gasteiger partial charge in [0, 0.05) is 23.0 Å². The van der Waals surface area contributed by atoms with E-state index in [-0.39, 0.29) is 0 Å². The minimum Gasteiger partial charge on any atom is -0.296 e. The number of fused-ring (bicyclic) bond motifs is 1. The zero-order valence-corrected chi connectivity index (χ0v) is 11.7. The van der Waals surface area contributed by atoms with Gasteiger partial charge in [-0.25, -0.2) is 4.98 Å². The summed E-state index contributed by atoms with van der Waals surface area (Å²) in [5.74, 6) is 1.52. The molecule has 2 nitrogen and oxygen atoms in total. The molecule has 0 spiro atoms. The molecule has 0 unspecified atom stereocenters. The molecule has 0 fully saturated rings. The van der Waals surface area contributed by atoms with Crippen molar-refractivity contribution in [3.8, 4) is 5.69 Å². The van der Waals surface area contributed by atoms with Gasteiger partial charge in [0.2, 0.25) is 0 Å². The zero-order chi connectivity index (χ0) is 13.2. The molecule has 0 atom stereocenters. The van der Waals surface area contributed by atoms with E-state index >= 15 is 0 Å². The van der Waals surface area contributed by atoms with Crippen LogP contribution < -0.4 is 0 Å². The number of alkyl halides is 1. The van der Waals surface area contributed by atoms with Crippen molar-refractivity contribution in [3.63, 3.8) is 0 Å². The fourth-order valence-corrected chi connectivity index (χ4v) is 2.50. The molecule has 0 amide bonds. The summed E-state index contributed by atoms with van der Waals surface area (Å²) >= 11 is 11.8. The molecule has 3 rings (SSSR count). The number of imidazole rings is 1. The highest BCUT2D eigenvalue weighted by Gasteiger charge is 2.11. The van der Waals surface area contributed by atoms with Gasteiger partial charge in [-0.3, -0.25) is 4.57 Å². The van der Waals surface area contributed by atoms with E-state index in [1.807, 2.05) is 42.5 Å². The summed E-state index contributed by atoms with van der Waals surface area (Å²) in [5, 5.41) is 0.729. The third-order valence-corrected chi connectivity index (χ3v) is 3.47. The number of hydrogen-bond acceptors (Lipinski definition) is 1. The maximum Gasteiger partial charge on any atom is 0.115 e. The quantitative estimate of drug-likeness (QED) is 0.651. The molecule has 4 heteroatoms. The standard InChI is InChI=1S/C15H12Cl2N2/c16-10-9-15-18-13-3-1-2-4-14(13)19(15)12-7-5-11(17)6-8-12/h1-8H,9-10H2. The Balaban J connectivity index is 2.24. The molecule has 19 heavy (non-hydrogen) atoms. The highest BCUT2D eigenvalue weighted by molar-refractivity contribution is 6.30. The predicted molar refractivity (Wildman–Crippen MR) is 80.5 cm³/mol. The SMILES string of the molecule is ClCCc1nc2ccccc2n1-c1ccc(Cl)cc1. The molecule has 96 valence electrons. The van der Waals surface area contributed by atoms with Gasteiger partial charge < -0.3 is 0 Å². The Bertz CT molecular complexity index is 702. The summed E-state index contributed by atoms with van der Waals surface area (Å²) in [4.78, 5) is 4.65. The Morgan fingerprint density at radius 2 is 1.74 bits per heavy atom. The summed E-state index contributed by atoms with van der Waals surface area (Å²) in [6.45, 7) is 0. The molecular weight excluding hydrogens is 279 g/mol. The van der Waals surface area contributed by atoms with Crippen LogP contribution in [-0.4, -0.2) is 15.4 Å². The number of rotatable bonds is 3. The van der Waals surface area contributed by atoms with Gasteiger partial charge in [0.05, 0.1) is 11.0 Å². The van der Waals surface area contributed by atoms with E-state index in [0.29, 0.717) is 5.88 Å². The van der Waals surface area contributed by atoms with Crippen LogP contribution in [0.2, 0.25) is 5.02 Å². The molecule has 0 radical (unpaired) electrons. The lowest BCUT2D eigenvalue weighted by atomic mass is 10.2. The minimum absolute atomic E-state index is 0.552. The number of hydrogen-bond donors (Lipinski definition) is 0. The van der Waals surface area contributed by atoms with E-state index in [0.717, 1.165) is 34.0 Å². The zero-order valence-electron chi connectivity index (χ0n) is 10.2. The van der Waals surface area contributed by atoms with Gasteiger partial charge in [-0.05, 0) is 36.4 Å². The van der Waals surface area contributed by atoms with Gasteiger partial charge in [-0.1, -0.05) is 23.7 Å². The van der Waals surface area contributed by atoms with Crippen molar-refractivity contribution in [1.29, 1.82) is 0 Å². The summed E-state index contributed by atoms with van der Waals surface area (Å²) in [5.41, 5.74) is 3.13. The number of benzene rings is 2. The van der Waals surface area contributed by atoms with Crippen LogP contribution in [0, 0.1) is 0 Å². The molecule has 0 saturated heterocycles. The average molecular weight is 291 g/mol. The van der Waals surface area contributed by atoms with Crippen molar-refractivity contribution < 1.29 is 0 Å². The van der Waals surface area contributed by atoms with Crippen LogP contribution in [0.3, 0.4) is 0 Å². The summed E-state index contributed by atoms with van der Waals surface area (Å²) in [6, 6.07) is 15.8. The topological polar surface area (TPSA) is 17.8 Å². The maximum atomic E-state index is 5.95. The lowest BCUT2D eigenvalue weighted by Gasteiger charge is -2.08. The van der Waals surface area contributed by atoms with Crippen molar-refractivity contribution in [2.24, 2.45) is 0 Å². The van der Waals surface area contributed by atoms with Crippen LogP contribution in [0.5, 0.6) is 0 Å². The van der Waals surface area contributed by atoms with E-state index in [1.165, 1.54) is 0 Å². The summed E-state index contributed by atoms with van der Waals surface area (Å²) in [7, 11) is 0. The predicted octanol–water partition coefficient (Wildman–Crippen LogP) is 4.46. The monoisotopic (exact) mass is 290 g/mol. The Morgan fingerprint density at radius 1 is 1.00 bits per heavy atom. The molecule has 0 bridgehead atoms. The molecule has 1 heterocycles. The van der Waals surface area contributed by atoms with E-state index in [1.54, 1.807) is 0 Å². The largest absolute Gasteiger partial charge is 0.296 e. The highest BCUT2D eigenvalue weighted by atomic mass is 35.5. The first-order chi connectivity index (χ1) is 9.29. The van der Waals surface area contributed by atoms with Crippen LogP contribution in [-0.2, 0) is 6.42 Å². The highest BCUT2D eigenvalue weighted by Crippen LogP contribution is 2.23. The molecule has 2 aromatic carbocycles. The van der Waals surface area contributed by atoms with Crippen molar-refractivity contribution in [2.45, 2.75) is 6.42 Å². The average Bonchev–Trinajstić information content (AvgIpc) is 2.78. The fourth-order valence-electron chi connectivity index (χ4n) is 2.21. The number of nitrogens with zero attached hydrogens (tertiary/aromatic N) is 2. The van der Waals surface area contributed by atoms with Gasteiger partial charge >= 0.3 is 0 Å². The summed E-state index contributed by atoms with van der Waals surface area (Å²) < 4.78 is 2.13. The molecule has 0 N–H and O–H groups in total. The number of halogens is 2. The molecule has 0 aliphatic rings. The third-order valence-electron chi connectivity index (χ3n) is 3.03. The number of para-hydroxylation sites is 2. The van der Waals surface area contributed by atoms with Gasteiger partial charge in [0.15, 0.2) is 0 Å². The van der Waals surface area contributed by atoms with Crippen LogP contribution in [0.4, 0.5) is 0 Å². The van der Waals surface area contributed by atoms with Gasteiger partial charge in [0.1, 0.15) is 5.82 Å². The molecule has 0 saturated carbocycles. The first-order valence-electron chi connectivity index (χ1n) is 6.08. The van der Waals surface area contributed by atoms with E-state index in [4.69, 9.17) is 23.2 Å². The lowest BCUT2D eigenvalue weighted by molar-refractivity contribution is 0.912.